The molecule has 0 radical (unpaired) electrons. The third-order valence-electron chi connectivity index (χ3n) is 3.49. The number of benzene rings is 1. The molecule has 3 nitrogen and oxygen atoms in total. The molecule has 0 bridgehead atoms. The molecule has 0 aliphatic carbocycles. The lowest BCUT2D eigenvalue weighted by Crippen LogP contribution is -2.19. The Kier molecular flexibility index (Phi) is 10.1. The summed E-state index contributed by atoms with van der Waals surface area (Å²) in [5.41, 5.74) is 2.07. The second-order valence-electron chi connectivity index (χ2n) is 4.87. The highest BCUT2D eigenvalue weighted by Crippen LogP contribution is 2.18. The Morgan fingerprint density at radius 2 is 1.80 bits per heavy atom. The van der Waals surface area contributed by atoms with Crippen LogP contribution in [0.25, 0.3) is 0 Å². The molecule has 4 heteroatoms. The van der Waals surface area contributed by atoms with Gasteiger partial charge in [-0.15, -0.1) is 12.4 Å². The van der Waals surface area contributed by atoms with Gasteiger partial charge in [-0.3, -0.25) is 4.79 Å². The second-order valence-corrected chi connectivity index (χ2v) is 4.87. The molecule has 0 aliphatic heterocycles. The summed E-state index contributed by atoms with van der Waals surface area (Å²) in [5, 5.41) is 6.33. The van der Waals surface area contributed by atoms with Gasteiger partial charge in [-0.1, -0.05) is 51.8 Å². The van der Waals surface area contributed by atoms with E-state index in [1.54, 1.807) is 0 Å². The van der Waals surface area contributed by atoms with E-state index in [0.717, 1.165) is 37.2 Å². The molecule has 0 spiro atoms. The van der Waals surface area contributed by atoms with Gasteiger partial charge in [-0.05, 0) is 24.1 Å². The number of para-hydroxylation sites is 1. The molecule has 1 aromatic carbocycles. The molecule has 0 aromatic heterocycles. The van der Waals surface area contributed by atoms with E-state index in [0.29, 0.717) is 12.3 Å². The van der Waals surface area contributed by atoms with Crippen molar-refractivity contribution in [3.05, 3.63) is 29.8 Å². The molecule has 2 N–H and O–H groups in total. The monoisotopic (exact) mass is 298 g/mol. The molecular weight excluding hydrogens is 272 g/mol. The van der Waals surface area contributed by atoms with Crippen LogP contribution in [0.15, 0.2) is 24.3 Å². The van der Waals surface area contributed by atoms with Crippen LogP contribution in [0.5, 0.6) is 0 Å². The van der Waals surface area contributed by atoms with Crippen LogP contribution in [0.1, 0.15) is 45.6 Å². The van der Waals surface area contributed by atoms with E-state index >= 15 is 0 Å². The minimum Gasteiger partial charge on any atom is -0.326 e. The molecule has 0 saturated heterocycles. The Balaban J connectivity index is 0.00000361. The van der Waals surface area contributed by atoms with E-state index in [-0.39, 0.29) is 18.3 Å². The van der Waals surface area contributed by atoms with Gasteiger partial charge in [0.2, 0.25) is 5.91 Å². The van der Waals surface area contributed by atoms with Crippen molar-refractivity contribution >= 4 is 24.0 Å². The highest BCUT2D eigenvalue weighted by atomic mass is 35.5. The summed E-state index contributed by atoms with van der Waals surface area (Å²) < 4.78 is 0. The largest absolute Gasteiger partial charge is 0.326 e. The summed E-state index contributed by atoms with van der Waals surface area (Å²) in [6, 6.07) is 7.98. The number of anilines is 1. The molecule has 1 rings (SSSR count). The van der Waals surface area contributed by atoms with E-state index < -0.39 is 0 Å². The van der Waals surface area contributed by atoms with Crippen LogP contribution in [0, 0.1) is 5.92 Å². The fraction of sp³-hybridized carbons (Fsp3) is 0.562. The van der Waals surface area contributed by atoms with Gasteiger partial charge in [0.05, 0.1) is 0 Å². The summed E-state index contributed by atoms with van der Waals surface area (Å²) in [6.07, 6.45) is 2.73. The summed E-state index contributed by atoms with van der Waals surface area (Å²) in [5.74, 6) is 0.610. The number of halogens is 1. The van der Waals surface area contributed by atoms with Crippen molar-refractivity contribution in [3.8, 4) is 0 Å². The van der Waals surface area contributed by atoms with Crippen LogP contribution in [0.3, 0.4) is 0 Å². The normalized spacial score (nSPS) is 10.2. The van der Waals surface area contributed by atoms with Gasteiger partial charge >= 0.3 is 0 Å². The Morgan fingerprint density at radius 1 is 1.15 bits per heavy atom. The molecule has 1 aromatic rings. The van der Waals surface area contributed by atoms with Crippen molar-refractivity contribution in [2.75, 3.05) is 11.9 Å². The van der Waals surface area contributed by atoms with Gasteiger partial charge in [0.15, 0.2) is 0 Å². The first-order valence-electron chi connectivity index (χ1n) is 7.29. The fourth-order valence-corrected chi connectivity index (χ4v) is 2.10. The summed E-state index contributed by atoms with van der Waals surface area (Å²) in [4.78, 5) is 12.0. The van der Waals surface area contributed by atoms with Crippen LogP contribution in [0.2, 0.25) is 0 Å². The van der Waals surface area contributed by atoms with Gasteiger partial charge in [-0.25, -0.2) is 0 Å². The Bertz CT molecular complexity index is 392. The van der Waals surface area contributed by atoms with E-state index in [4.69, 9.17) is 0 Å². The maximum absolute atomic E-state index is 12.0. The van der Waals surface area contributed by atoms with Crippen molar-refractivity contribution in [2.45, 2.75) is 46.6 Å². The van der Waals surface area contributed by atoms with E-state index in [9.17, 15) is 4.79 Å². The maximum atomic E-state index is 12.0. The minimum absolute atomic E-state index is 0. The van der Waals surface area contributed by atoms with E-state index in [2.05, 4.69) is 37.5 Å². The number of carbonyl (C=O) groups excluding carboxylic acids is 1. The van der Waals surface area contributed by atoms with E-state index in [1.807, 2.05) is 18.2 Å². The number of rotatable bonds is 8. The van der Waals surface area contributed by atoms with Gasteiger partial charge in [-0.2, -0.15) is 0 Å². The quantitative estimate of drug-likeness (QED) is 0.762. The fourth-order valence-electron chi connectivity index (χ4n) is 2.10. The lowest BCUT2D eigenvalue weighted by atomic mass is 9.99. The average Bonchev–Trinajstić information content (AvgIpc) is 2.43. The first-order chi connectivity index (χ1) is 9.21. The third-order valence-corrected chi connectivity index (χ3v) is 3.49. The zero-order chi connectivity index (χ0) is 14.1. The highest BCUT2D eigenvalue weighted by Gasteiger charge is 2.11. The molecular formula is C16H27ClN2O. The molecule has 1 amide bonds. The second kappa shape index (κ2) is 10.7. The highest BCUT2D eigenvalue weighted by molar-refractivity contribution is 5.91. The summed E-state index contributed by atoms with van der Waals surface area (Å²) in [6.45, 7) is 8.07. The van der Waals surface area contributed by atoms with Gasteiger partial charge < -0.3 is 10.6 Å². The summed E-state index contributed by atoms with van der Waals surface area (Å²) >= 11 is 0. The smallest absolute Gasteiger partial charge is 0.224 e. The minimum atomic E-state index is 0. The zero-order valence-electron chi connectivity index (χ0n) is 12.7. The van der Waals surface area contributed by atoms with Crippen LogP contribution in [-0.4, -0.2) is 12.5 Å². The standard InChI is InChI=1S/C16H26N2O.ClH/c1-4-13(5-2)11-16(19)18-15-10-8-7-9-14(15)12-17-6-3;/h7-10,13,17H,4-6,11-12H2,1-3H3,(H,18,19);1H. The number of nitrogens with one attached hydrogen (secondary N) is 2. The number of hydrogen-bond donors (Lipinski definition) is 2. The molecule has 114 valence electrons. The van der Waals surface area contributed by atoms with Crippen molar-refractivity contribution in [3.63, 3.8) is 0 Å². The van der Waals surface area contributed by atoms with Crippen molar-refractivity contribution in [1.29, 1.82) is 0 Å². The SMILES string of the molecule is CCNCc1ccccc1NC(=O)CC(CC)CC.Cl. The maximum Gasteiger partial charge on any atom is 0.224 e. The number of hydrogen-bond acceptors (Lipinski definition) is 2. The molecule has 0 unspecified atom stereocenters. The Hall–Kier alpha value is -1.06. The topological polar surface area (TPSA) is 41.1 Å². The zero-order valence-corrected chi connectivity index (χ0v) is 13.6. The molecule has 0 heterocycles. The molecule has 20 heavy (non-hydrogen) atoms. The molecule has 0 atom stereocenters. The first-order valence-corrected chi connectivity index (χ1v) is 7.29. The number of carbonyl (C=O) groups is 1. The Labute approximate surface area is 128 Å². The van der Waals surface area contributed by atoms with Gasteiger partial charge in [0, 0.05) is 18.7 Å². The van der Waals surface area contributed by atoms with Gasteiger partial charge in [0.1, 0.15) is 0 Å². The van der Waals surface area contributed by atoms with Crippen molar-refractivity contribution in [1.82, 2.24) is 5.32 Å². The van der Waals surface area contributed by atoms with Crippen LogP contribution < -0.4 is 10.6 Å². The Morgan fingerprint density at radius 3 is 2.40 bits per heavy atom. The van der Waals surface area contributed by atoms with Crippen LogP contribution >= 0.6 is 12.4 Å². The lowest BCUT2D eigenvalue weighted by molar-refractivity contribution is -0.117. The third kappa shape index (κ3) is 6.40. The van der Waals surface area contributed by atoms with Crippen molar-refractivity contribution in [2.24, 2.45) is 5.92 Å². The lowest BCUT2D eigenvalue weighted by Gasteiger charge is -2.14. The molecule has 0 aliphatic rings. The molecule has 0 saturated carbocycles. The first kappa shape index (κ1) is 18.9. The van der Waals surface area contributed by atoms with Crippen LogP contribution in [-0.2, 0) is 11.3 Å². The average molecular weight is 299 g/mol. The molecule has 0 fully saturated rings. The summed E-state index contributed by atoms with van der Waals surface area (Å²) in [7, 11) is 0. The predicted octanol–water partition coefficient (Wildman–Crippen LogP) is 3.98. The van der Waals surface area contributed by atoms with Gasteiger partial charge in [0.25, 0.3) is 0 Å². The van der Waals surface area contributed by atoms with Crippen molar-refractivity contribution < 1.29 is 4.79 Å². The van der Waals surface area contributed by atoms with Crippen LogP contribution in [0.4, 0.5) is 5.69 Å². The van der Waals surface area contributed by atoms with E-state index in [1.165, 1.54) is 0 Å². The number of amides is 1. The predicted molar refractivity (Wildman–Crippen MR) is 88.4 cm³/mol.